The maximum Gasteiger partial charge on any atom is 0.244 e. The number of methoxy groups -OCH3 is 1. The highest BCUT2D eigenvalue weighted by atomic mass is 35.5. The van der Waals surface area contributed by atoms with Gasteiger partial charge in [0, 0.05) is 11.6 Å². The number of carbonyl (C=O) groups is 1. The molecule has 8 nitrogen and oxygen atoms in total. The Kier molecular flexibility index (Phi) is 5.67. The number of nitrogens with two attached hydrogens (primary N) is 1. The predicted molar refractivity (Wildman–Crippen MR) is 104 cm³/mol. The molecule has 2 saturated carbocycles. The summed E-state index contributed by atoms with van der Waals surface area (Å²) in [6, 6.07) is 5.46. The van der Waals surface area contributed by atoms with Gasteiger partial charge in [-0.15, -0.1) is 17.5 Å². The van der Waals surface area contributed by atoms with Crippen LogP contribution in [0.1, 0.15) is 56.7 Å². The smallest absolute Gasteiger partial charge is 0.244 e. The number of tetrazole rings is 1. The topological polar surface area (TPSA) is 108 Å². The van der Waals surface area contributed by atoms with Crippen molar-refractivity contribution in [1.29, 1.82) is 0 Å². The Morgan fingerprint density at radius 2 is 2.04 bits per heavy atom. The molecule has 1 heterocycles. The fourth-order valence-electron chi connectivity index (χ4n) is 3.56. The lowest BCUT2D eigenvalue weighted by Crippen LogP contribution is -2.52. The number of hydrogen-bond acceptors (Lipinski definition) is 6. The second-order valence-corrected chi connectivity index (χ2v) is 7.28. The van der Waals surface area contributed by atoms with Crippen LogP contribution < -0.4 is 15.8 Å². The average molecular weight is 393 g/mol. The largest absolute Gasteiger partial charge is 0.494 e. The van der Waals surface area contributed by atoms with E-state index in [1.54, 1.807) is 11.8 Å². The standard InChI is InChI=1S/C18H24N6O2.ClH/c1-26-15-8-7-13(20-17(25)18(19)9-3-2-4-10-18)11-14(15)24-16(12-5-6-12)21-22-23-24;/h7-8,11-12H,2-6,9-10,19H2,1H3,(H,20,25);1H. The second kappa shape index (κ2) is 7.82. The van der Waals surface area contributed by atoms with E-state index in [9.17, 15) is 4.79 Å². The number of ether oxygens (including phenoxy) is 1. The lowest BCUT2D eigenvalue weighted by molar-refractivity contribution is -0.122. The van der Waals surface area contributed by atoms with Crippen molar-refractivity contribution in [3.63, 3.8) is 0 Å². The van der Waals surface area contributed by atoms with Gasteiger partial charge in [0.2, 0.25) is 5.91 Å². The van der Waals surface area contributed by atoms with E-state index in [1.165, 1.54) is 0 Å². The van der Waals surface area contributed by atoms with Crippen molar-refractivity contribution in [2.45, 2.75) is 56.4 Å². The van der Waals surface area contributed by atoms with E-state index >= 15 is 0 Å². The Bertz CT molecular complexity index is 814. The molecule has 3 N–H and O–H groups in total. The Balaban J connectivity index is 0.00000210. The molecular weight excluding hydrogens is 368 g/mol. The number of nitrogens with one attached hydrogen (secondary N) is 1. The molecule has 9 heteroatoms. The molecule has 0 atom stereocenters. The molecule has 4 rings (SSSR count). The molecule has 0 radical (unpaired) electrons. The number of benzene rings is 1. The van der Waals surface area contributed by atoms with Crippen molar-refractivity contribution in [3.05, 3.63) is 24.0 Å². The van der Waals surface area contributed by atoms with E-state index in [0.717, 1.165) is 50.8 Å². The van der Waals surface area contributed by atoms with Crippen LogP contribution in [-0.2, 0) is 4.79 Å². The van der Waals surface area contributed by atoms with Crippen molar-refractivity contribution >= 4 is 24.0 Å². The van der Waals surface area contributed by atoms with E-state index < -0.39 is 5.54 Å². The molecule has 146 valence electrons. The zero-order valence-electron chi connectivity index (χ0n) is 15.4. The number of nitrogens with zero attached hydrogens (tertiary/aromatic N) is 4. The minimum absolute atomic E-state index is 0. The Morgan fingerprint density at radius 1 is 1.30 bits per heavy atom. The SMILES string of the molecule is COc1ccc(NC(=O)C2(N)CCCCC2)cc1-n1nnnc1C1CC1.Cl. The summed E-state index contributed by atoms with van der Waals surface area (Å²) in [4.78, 5) is 12.7. The zero-order chi connectivity index (χ0) is 18.1. The number of rotatable bonds is 5. The summed E-state index contributed by atoms with van der Waals surface area (Å²) in [5.41, 5.74) is 6.93. The molecule has 0 spiro atoms. The van der Waals surface area contributed by atoms with E-state index in [0.29, 0.717) is 23.0 Å². The zero-order valence-corrected chi connectivity index (χ0v) is 16.2. The van der Waals surface area contributed by atoms with Crippen LogP contribution in [0.15, 0.2) is 18.2 Å². The first kappa shape index (κ1) is 19.6. The molecule has 1 amide bonds. The molecular formula is C18H25ClN6O2. The Morgan fingerprint density at radius 3 is 2.70 bits per heavy atom. The first-order chi connectivity index (χ1) is 12.6. The first-order valence-corrected chi connectivity index (χ1v) is 9.18. The van der Waals surface area contributed by atoms with E-state index in [-0.39, 0.29) is 18.3 Å². The number of amides is 1. The van der Waals surface area contributed by atoms with Crippen LogP contribution in [0.5, 0.6) is 5.75 Å². The van der Waals surface area contributed by atoms with Gasteiger partial charge in [-0.25, -0.2) is 0 Å². The van der Waals surface area contributed by atoms with Gasteiger partial charge in [-0.05, 0) is 54.3 Å². The number of carbonyl (C=O) groups excluding carboxylic acids is 1. The van der Waals surface area contributed by atoms with Gasteiger partial charge in [0.15, 0.2) is 5.82 Å². The van der Waals surface area contributed by atoms with Crippen molar-refractivity contribution in [2.24, 2.45) is 5.73 Å². The van der Waals surface area contributed by atoms with E-state index in [2.05, 4.69) is 20.8 Å². The van der Waals surface area contributed by atoms with E-state index in [1.807, 2.05) is 18.2 Å². The molecule has 2 fully saturated rings. The minimum atomic E-state index is -0.785. The molecule has 2 aliphatic rings. The third-order valence-electron chi connectivity index (χ3n) is 5.30. The van der Waals surface area contributed by atoms with Crippen LogP contribution in [-0.4, -0.2) is 38.8 Å². The van der Waals surface area contributed by atoms with Crippen molar-refractivity contribution in [3.8, 4) is 11.4 Å². The molecule has 0 aliphatic heterocycles. The van der Waals surface area contributed by atoms with Gasteiger partial charge in [-0.1, -0.05) is 19.3 Å². The molecule has 0 bridgehead atoms. The number of halogens is 1. The van der Waals surface area contributed by atoms with Crippen molar-refractivity contribution in [2.75, 3.05) is 12.4 Å². The van der Waals surface area contributed by atoms with Crippen LogP contribution >= 0.6 is 12.4 Å². The second-order valence-electron chi connectivity index (χ2n) is 7.28. The van der Waals surface area contributed by atoms with Crippen LogP contribution in [0.4, 0.5) is 5.69 Å². The monoisotopic (exact) mass is 392 g/mol. The maximum absolute atomic E-state index is 12.7. The highest BCUT2D eigenvalue weighted by molar-refractivity contribution is 5.98. The first-order valence-electron chi connectivity index (χ1n) is 9.18. The average Bonchev–Trinajstić information content (AvgIpc) is 3.39. The molecule has 0 unspecified atom stereocenters. The van der Waals surface area contributed by atoms with Crippen LogP contribution in [0.2, 0.25) is 0 Å². The van der Waals surface area contributed by atoms with Crippen molar-refractivity contribution < 1.29 is 9.53 Å². The third-order valence-corrected chi connectivity index (χ3v) is 5.30. The summed E-state index contributed by atoms with van der Waals surface area (Å²) in [6.07, 6.45) is 6.76. The summed E-state index contributed by atoms with van der Waals surface area (Å²) in [5, 5.41) is 15.0. The summed E-state index contributed by atoms with van der Waals surface area (Å²) in [7, 11) is 1.61. The Hall–Kier alpha value is -2.19. The highest BCUT2D eigenvalue weighted by Crippen LogP contribution is 2.40. The summed E-state index contributed by atoms with van der Waals surface area (Å²) in [5.74, 6) is 1.74. The quantitative estimate of drug-likeness (QED) is 0.809. The van der Waals surface area contributed by atoms with Gasteiger partial charge in [0.05, 0.1) is 12.6 Å². The van der Waals surface area contributed by atoms with Crippen LogP contribution in [0, 0.1) is 0 Å². The number of aromatic nitrogens is 4. The van der Waals surface area contributed by atoms with Gasteiger partial charge in [0.1, 0.15) is 11.4 Å². The fourth-order valence-corrected chi connectivity index (χ4v) is 3.56. The molecule has 1 aromatic carbocycles. The van der Waals surface area contributed by atoms with Gasteiger partial charge in [-0.3, -0.25) is 4.79 Å². The number of anilines is 1. The van der Waals surface area contributed by atoms with Crippen LogP contribution in [0.25, 0.3) is 5.69 Å². The normalized spacial score (nSPS) is 18.4. The van der Waals surface area contributed by atoms with Crippen molar-refractivity contribution in [1.82, 2.24) is 20.2 Å². The summed E-state index contributed by atoms with van der Waals surface area (Å²) in [6.45, 7) is 0. The predicted octanol–water partition coefficient (Wildman–Crippen LogP) is 2.57. The Labute approximate surface area is 164 Å². The van der Waals surface area contributed by atoms with Gasteiger partial charge < -0.3 is 15.8 Å². The van der Waals surface area contributed by atoms with Crippen LogP contribution in [0.3, 0.4) is 0 Å². The number of hydrogen-bond donors (Lipinski definition) is 2. The van der Waals surface area contributed by atoms with Gasteiger partial charge >= 0.3 is 0 Å². The summed E-state index contributed by atoms with van der Waals surface area (Å²) >= 11 is 0. The third kappa shape index (κ3) is 3.91. The van der Waals surface area contributed by atoms with Gasteiger partial charge in [0.25, 0.3) is 0 Å². The van der Waals surface area contributed by atoms with Gasteiger partial charge in [-0.2, -0.15) is 4.68 Å². The maximum atomic E-state index is 12.7. The van der Waals surface area contributed by atoms with E-state index in [4.69, 9.17) is 10.5 Å². The minimum Gasteiger partial charge on any atom is -0.494 e. The fraction of sp³-hybridized carbons (Fsp3) is 0.556. The lowest BCUT2D eigenvalue weighted by Gasteiger charge is -2.31. The highest BCUT2D eigenvalue weighted by Gasteiger charge is 2.35. The summed E-state index contributed by atoms with van der Waals surface area (Å²) < 4.78 is 7.17. The molecule has 0 saturated heterocycles. The molecule has 27 heavy (non-hydrogen) atoms. The molecule has 1 aromatic heterocycles. The lowest BCUT2D eigenvalue weighted by atomic mass is 9.82. The molecule has 2 aliphatic carbocycles. The molecule has 2 aromatic rings.